The summed E-state index contributed by atoms with van der Waals surface area (Å²) >= 11 is 0. The molecule has 0 aliphatic heterocycles. The Morgan fingerprint density at radius 2 is 1.90 bits per heavy atom. The molecule has 6 nitrogen and oxygen atoms in total. The number of amides is 2. The van der Waals surface area contributed by atoms with Gasteiger partial charge in [-0.1, -0.05) is 6.07 Å². The summed E-state index contributed by atoms with van der Waals surface area (Å²) in [4.78, 5) is 33.0. The van der Waals surface area contributed by atoms with Crippen molar-refractivity contribution in [2.75, 3.05) is 0 Å². The Labute approximate surface area is 112 Å². The van der Waals surface area contributed by atoms with E-state index in [0.717, 1.165) is 12.1 Å². The highest BCUT2D eigenvalue weighted by atomic mass is 19.2. The highest BCUT2D eigenvalue weighted by molar-refractivity contribution is 5.90. The average Bonchev–Trinajstić information content (AvgIpc) is 2.32. The third kappa shape index (κ3) is 4.63. The van der Waals surface area contributed by atoms with Crippen molar-refractivity contribution in [2.45, 2.75) is 18.9 Å². The molecule has 0 spiro atoms. The maximum absolute atomic E-state index is 12.9. The van der Waals surface area contributed by atoms with E-state index in [1.54, 1.807) is 0 Å². The van der Waals surface area contributed by atoms with Crippen molar-refractivity contribution in [3.05, 3.63) is 35.4 Å². The molecule has 1 aromatic carbocycles. The molecular weight excluding hydrogens is 274 g/mol. The number of carboxylic acids is 1. The SMILES string of the molecule is NC(=O)[C@H](CC(=O)O)NC(=O)Cc1ccc(F)c(F)c1. The van der Waals surface area contributed by atoms with Gasteiger partial charge in [0, 0.05) is 0 Å². The zero-order chi connectivity index (χ0) is 15.3. The van der Waals surface area contributed by atoms with Gasteiger partial charge in [-0.25, -0.2) is 8.78 Å². The summed E-state index contributed by atoms with van der Waals surface area (Å²) in [6.07, 6.45) is -0.987. The first-order valence-corrected chi connectivity index (χ1v) is 5.54. The Bertz CT molecular complexity index is 548. The smallest absolute Gasteiger partial charge is 0.305 e. The number of aliphatic carboxylic acids is 1. The van der Waals surface area contributed by atoms with Gasteiger partial charge >= 0.3 is 5.97 Å². The fourth-order valence-electron chi connectivity index (χ4n) is 1.48. The van der Waals surface area contributed by atoms with Crippen molar-refractivity contribution in [3.63, 3.8) is 0 Å². The topological polar surface area (TPSA) is 109 Å². The number of primary amides is 1. The Morgan fingerprint density at radius 1 is 1.25 bits per heavy atom. The Hall–Kier alpha value is -2.51. The fraction of sp³-hybridized carbons (Fsp3) is 0.250. The summed E-state index contributed by atoms with van der Waals surface area (Å²) in [5, 5.41) is 10.7. The van der Waals surface area contributed by atoms with E-state index in [9.17, 15) is 23.2 Å². The van der Waals surface area contributed by atoms with Crippen LogP contribution < -0.4 is 11.1 Å². The van der Waals surface area contributed by atoms with Gasteiger partial charge in [0.05, 0.1) is 12.8 Å². The van der Waals surface area contributed by atoms with Crippen molar-refractivity contribution in [1.29, 1.82) is 0 Å². The zero-order valence-corrected chi connectivity index (χ0v) is 10.2. The maximum Gasteiger partial charge on any atom is 0.305 e. The van der Waals surface area contributed by atoms with E-state index < -0.39 is 41.9 Å². The van der Waals surface area contributed by atoms with E-state index in [-0.39, 0.29) is 12.0 Å². The van der Waals surface area contributed by atoms with Gasteiger partial charge in [-0.2, -0.15) is 0 Å². The Balaban J connectivity index is 2.67. The highest BCUT2D eigenvalue weighted by Gasteiger charge is 2.21. The standard InChI is InChI=1S/C12H12F2N2O4/c13-7-2-1-6(3-8(7)14)4-10(17)16-9(12(15)20)5-11(18)19/h1-3,9H,4-5H2,(H2,15,20)(H,16,17)(H,18,19)/t9-/m0/s1. The number of hydrogen-bond donors (Lipinski definition) is 3. The van der Waals surface area contributed by atoms with Crippen LogP contribution in [0, 0.1) is 11.6 Å². The molecule has 20 heavy (non-hydrogen) atoms. The van der Waals surface area contributed by atoms with E-state index in [1.165, 1.54) is 6.07 Å². The molecule has 0 heterocycles. The summed E-state index contributed by atoms with van der Waals surface area (Å²) in [5.74, 6) is -5.17. The lowest BCUT2D eigenvalue weighted by Gasteiger charge is -2.13. The fourth-order valence-corrected chi connectivity index (χ4v) is 1.48. The number of carbonyl (C=O) groups excluding carboxylic acids is 2. The number of nitrogens with one attached hydrogen (secondary N) is 1. The van der Waals surface area contributed by atoms with Gasteiger partial charge in [0.1, 0.15) is 6.04 Å². The van der Waals surface area contributed by atoms with Gasteiger partial charge in [0.25, 0.3) is 0 Å². The van der Waals surface area contributed by atoms with Crippen LogP contribution in [0.4, 0.5) is 8.78 Å². The van der Waals surface area contributed by atoms with E-state index in [1.807, 2.05) is 0 Å². The van der Waals surface area contributed by atoms with Crippen LogP contribution in [0.3, 0.4) is 0 Å². The molecule has 0 saturated carbocycles. The third-order valence-corrected chi connectivity index (χ3v) is 2.41. The number of hydrogen-bond acceptors (Lipinski definition) is 3. The van der Waals surface area contributed by atoms with Crippen molar-refractivity contribution in [1.82, 2.24) is 5.32 Å². The molecule has 1 atom stereocenters. The minimum atomic E-state index is -1.36. The summed E-state index contributed by atoms with van der Waals surface area (Å²) in [6, 6.07) is 1.55. The molecule has 0 fully saturated rings. The lowest BCUT2D eigenvalue weighted by atomic mass is 10.1. The van der Waals surface area contributed by atoms with Gasteiger partial charge in [-0.3, -0.25) is 14.4 Å². The van der Waals surface area contributed by atoms with Crippen LogP contribution in [0.15, 0.2) is 18.2 Å². The van der Waals surface area contributed by atoms with Crippen LogP contribution in [0.1, 0.15) is 12.0 Å². The molecule has 0 saturated heterocycles. The number of rotatable bonds is 6. The predicted octanol–water partition coefficient (Wildman–Crippen LogP) is -0.0479. The molecule has 4 N–H and O–H groups in total. The van der Waals surface area contributed by atoms with Crippen molar-refractivity contribution in [3.8, 4) is 0 Å². The second-order valence-electron chi connectivity index (χ2n) is 4.05. The van der Waals surface area contributed by atoms with Crippen LogP contribution in [0.2, 0.25) is 0 Å². The number of carbonyl (C=O) groups is 3. The molecule has 8 heteroatoms. The van der Waals surface area contributed by atoms with Gasteiger partial charge in [0.2, 0.25) is 11.8 Å². The lowest BCUT2D eigenvalue weighted by molar-refractivity contribution is -0.140. The zero-order valence-electron chi connectivity index (χ0n) is 10.2. The molecule has 1 aromatic rings. The number of nitrogens with two attached hydrogens (primary N) is 1. The largest absolute Gasteiger partial charge is 0.481 e. The first-order chi connectivity index (χ1) is 9.29. The summed E-state index contributed by atoms with van der Waals surface area (Å²) in [7, 11) is 0. The number of benzene rings is 1. The predicted molar refractivity (Wildman–Crippen MR) is 63.4 cm³/mol. The normalized spacial score (nSPS) is 11.7. The van der Waals surface area contributed by atoms with Crippen LogP contribution in [-0.2, 0) is 20.8 Å². The minimum absolute atomic E-state index is 0.181. The molecular formula is C12H12F2N2O4. The molecule has 0 aromatic heterocycles. The van der Waals surface area contributed by atoms with E-state index >= 15 is 0 Å². The molecule has 108 valence electrons. The maximum atomic E-state index is 12.9. The number of carboxylic acid groups (broad SMARTS) is 1. The summed E-state index contributed by atoms with van der Waals surface area (Å²) in [6.45, 7) is 0. The monoisotopic (exact) mass is 286 g/mol. The quantitative estimate of drug-likeness (QED) is 0.681. The first-order valence-electron chi connectivity index (χ1n) is 5.54. The van der Waals surface area contributed by atoms with Gasteiger partial charge in [0.15, 0.2) is 11.6 Å². The van der Waals surface area contributed by atoms with E-state index in [4.69, 9.17) is 10.8 Å². The Morgan fingerprint density at radius 3 is 2.40 bits per heavy atom. The van der Waals surface area contributed by atoms with Gasteiger partial charge in [-0.15, -0.1) is 0 Å². The van der Waals surface area contributed by atoms with Crippen LogP contribution in [0.5, 0.6) is 0 Å². The van der Waals surface area contributed by atoms with E-state index in [0.29, 0.717) is 0 Å². The summed E-state index contributed by atoms with van der Waals surface area (Å²) < 4.78 is 25.6. The Kier molecular flexibility index (Phi) is 5.13. The van der Waals surface area contributed by atoms with Crippen molar-refractivity contribution in [2.24, 2.45) is 5.73 Å². The number of halogens is 2. The highest BCUT2D eigenvalue weighted by Crippen LogP contribution is 2.09. The lowest BCUT2D eigenvalue weighted by Crippen LogP contribution is -2.46. The average molecular weight is 286 g/mol. The van der Waals surface area contributed by atoms with Crippen LogP contribution in [-0.4, -0.2) is 28.9 Å². The molecule has 0 aliphatic carbocycles. The first kappa shape index (κ1) is 15.5. The minimum Gasteiger partial charge on any atom is -0.481 e. The van der Waals surface area contributed by atoms with Gasteiger partial charge in [-0.05, 0) is 17.7 Å². The van der Waals surface area contributed by atoms with E-state index in [2.05, 4.69) is 5.32 Å². The summed E-state index contributed by atoms with van der Waals surface area (Å²) in [5.41, 5.74) is 5.12. The second-order valence-corrected chi connectivity index (χ2v) is 4.05. The second kappa shape index (κ2) is 6.60. The van der Waals surface area contributed by atoms with Crippen molar-refractivity contribution >= 4 is 17.8 Å². The van der Waals surface area contributed by atoms with Crippen LogP contribution >= 0.6 is 0 Å². The molecule has 2 amide bonds. The third-order valence-electron chi connectivity index (χ3n) is 2.41. The molecule has 1 rings (SSSR count). The van der Waals surface area contributed by atoms with Crippen molar-refractivity contribution < 1.29 is 28.3 Å². The molecule has 0 unspecified atom stereocenters. The van der Waals surface area contributed by atoms with Crippen LogP contribution in [0.25, 0.3) is 0 Å². The molecule has 0 aliphatic rings. The van der Waals surface area contributed by atoms with Gasteiger partial charge < -0.3 is 16.2 Å². The molecule has 0 bridgehead atoms. The molecule has 0 radical (unpaired) electrons.